The van der Waals surface area contributed by atoms with Crippen LogP contribution in [0.25, 0.3) is 0 Å². The quantitative estimate of drug-likeness (QED) is 0.358. The van der Waals surface area contributed by atoms with E-state index < -0.39 is 10.0 Å². The van der Waals surface area contributed by atoms with Crippen LogP contribution in [0.15, 0.2) is 29.3 Å². The Kier molecular flexibility index (Phi) is 9.80. The van der Waals surface area contributed by atoms with E-state index >= 15 is 0 Å². The lowest BCUT2D eigenvalue weighted by molar-refractivity contribution is 0.275. The first kappa shape index (κ1) is 23.1. The highest BCUT2D eigenvalue weighted by atomic mass is 127. The molecule has 0 amide bonds. The lowest BCUT2D eigenvalue weighted by Gasteiger charge is -2.30. The zero-order valence-electron chi connectivity index (χ0n) is 15.2. The summed E-state index contributed by atoms with van der Waals surface area (Å²) >= 11 is 0. The molecule has 6 nitrogen and oxygen atoms in total. The number of nitrogens with zero attached hydrogens (tertiary/aromatic N) is 2. The number of hydrogen-bond acceptors (Lipinski definition) is 3. The Morgan fingerprint density at radius 3 is 2.38 bits per heavy atom. The van der Waals surface area contributed by atoms with Crippen molar-refractivity contribution in [2.75, 3.05) is 32.4 Å². The van der Waals surface area contributed by atoms with E-state index in [4.69, 9.17) is 0 Å². The van der Waals surface area contributed by atoms with Gasteiger partial charge in [0.05, 0.1) is 12.8 Å². The van der Waals surface area contributed by atoms with Crippen molar-refractivity contribution in [1.29, 1.82) is 0 Å². The molecule has 0 aliphatic carbocycles. The molecule has 26 heavy (non-hydrogen) atoms. The first-order chi connectivity index (χ1) is 11.9. The molecular weight excluding hydrogens is 470 g/mol. The van der Waals surface area contributed by atoms with Crippen molar-refractivity contribution < 1.29 is 12.8 Å². The van der Waals surface area contributed by atoms with Crippen molar-refractivity contribution in [2.45, 2.75) is 26.3 Å². The summed E-state index contributed by atoms with van der Waals surface area (Å²) in [5, 5.41) is 6.52. The summed E-state index contributed by atoms with van der Waals surface area (Å²) in [6, 6.07) is 6.31. The third-order valence-electron chi connectivity index (χ3n) is 4.28. The molecule has 1 saturated heterocycles. The van der Waals surface area contributed by atoms with Gasteiger partial charge in [-0.05, 0) is 43.4 Å². The normalized spacial score (nSPS) is 16.8. The minimum atomic E-state index is -3.08. The summed E-state index contributed by atoms with van der Waals surface area (Å²) in [4.78, 5) is 4.52. The minimum absolute atomic E-state index is 0. The van der Waals surface area contributed by atoms with Gasteiger partial charge in [-0.15, -0.1) is 24.0 Å². The van der Waals surface area contributed by atoms with Crippen LogP contribution in [0, 0.1) is 11.7 Å². The molecular formula is C17H28FIN4O2S. The zero-order valence-corrected chi connectivity index (χ0v) is 18.4. The molecule has 148 valence electrons. The first-order valence-electron chi connectivity index (χ1n) is 8.60. The Morgan fingerprint density at radius 2 is 1.85 bits per heavy atom. The Labute approximate surface area is 172 Å². The van der Waals surface area contributed by atoms with Gasteiger partial charge >= 0.3 is 0 Å². The second kappa shape index (κ2) is 11.0. The number of rotatable bonds is 6. The van der Waals surface area contributed by atoms with Gasteiger partial charge < -0.3 is 10.6 Å². The lowest BCUT2D eigenvalue weighted by atomic mass is 9.98. The van der Waals surface area contributed by atoms with Crippen LogP contribution in [0.1, 0.15) is 25.3 Å². The molecule has 1 heterocycles. The summed E-state index contributed by atoms with van der Waals surface area (Å²) in [5.74, 6) is 0.892. The molecule has 0 aromatic heterocycles. The van der Waals surface area contributed by atoms with E-state index in [1.807, 2.05) is 6.92 Å². The van der Waals surface area contributed by atoms with E-state index in [2.05, 4.69) is 15.6 Å². The number of guanidine groups is 1. The van der Waals surface area contributed by atoms with Crippen LogP contribution in [0.5, 0.6) is 0 Å². The topological polar surface area (TPSA) is 73.8 Å². The largest absolute Gasteiger partial charge is 0.357 e. The van der Waals surface area contributed by atoms with Gasteiger partial charge in [0.1, 0.15) is 5.82 Å². The van der Waals surface area contributed by atoms with Crippen molar-refractivity contribution in [1.82, 2.24) is 14.9 Å². The predicted octanol–water partition coefficient (Wildman–Crippen LogP) is 2.17. The van der Waals surface area contributed by atoms with E-state index in [0.717, 1.165) is 37.5 Å². The number of sulfonamides is 1. The third-order valence-corrected chi connectivity index (χ3v) is 5.58. The van der Waals surface area contributed by atoms with Gasteiger partial charge in [-0.1, -0.05) is 12.1 Å². The first-order valence-corrected chi connectivity index (χ1v) is 10.4. The van der Waals surface area contributed by atoms with Gasteiger partial charge in [-0.3, -0.25) is 0 Å². The van der Waals surface area contributed by atoms with Crippen molar-refractivity contribution >= 4 is 40.0 Å². The molecule has 0 radical (unpaired) electrons. The van der Waals surface area contributed by atoms with E-state index in [1.165, 1.54) is 22.7 Å². The summed E-state index contributed by atoms with van der Waals surface area (Å²) in [7, 11) is -3.08. The highest BCUT2D eigenvalue weighted by molar-refractivity contribution is 14.0. The minimum Gasteiger partial charge on any atom is -0.357 e. The number of aliphatic imine (C=N–C) groups is 1. The molecule has 1 fully saturated rings. The molecule has 1 aliphatic heterocycles. The Bertz CT molecular complexity index is 675. The van der Waals surface area contributed by atoms with E-state index in [0.29, 0.717) is 25.6 Å². The van der Waals surface area contributed by atoms with Crippen LogP contribution in [-0.2, 0) is 16.6 Å². The zero-order chi connectivity index (χ0) is 18.3. The van der Waals surface area contributed by atoms with Gasteiger partial charge in [0, 0.05) is 26.2 Å². The third kappa shape index (κ3) is 7.75. The van der Waals surface area contributed by atoms with Crippen LogP contribution in [0.2, 0.25) is 0 Å². The van der Waals surface area contributed by atoms with Gasteiger partial charge in [-0.2, -0.15) is 0 Å². The molecule has 0 saturated carbocycles. The van der Waals surface area contributed by atoms with Crippen LogP contribution in [0.3, 0.4) is 0 Å². The second-order valence-corrected chi connectivity index (χ2v) is 8.29. The van der Waals surface area contributed by atoms with Gasteiger partial charge in [-0.25, -0.2) is 22.1 Å². The fraction of sp³-hybridized carbons (Fsp3) is 0.588. The maximum Gasteiger partial charge on any atom is 0.211 e. The van der Waals surface area contributed by atoms with Crippen molar-refractivity contribution in [3.05, 3.63) is 35.6 Å². The fourth-order valence-corrected chi connectivity index (χ4v) is 3.66. The molecule has 2 rings (SSSR count). The van der Waals surface area contributed by atoms with Crippen LogP contribution < -0.4 is 10.6 Å². The molecule has 1 aliphatic rings. The average Bonchev–Trinajstić information content (AvgIpc) is 2.58. The Morgan fingerprint density at radius 1 is 1.23 bits per heavy atom. The maximum atomic E-state index is 12.9. The molecule has 0 atom stereocenters. The standard InChI is InChI=1S/C17H27FN4O2S.HI/c1-3-19-17(20-12-14-4-6-16(18)7-5-14)21-13-15-8-10-22(11-9-15)25(2,23)24;/h4-7,15H,3,8-13H2,1-2H3,(H2,19,20,21);1H. The van der Waals surface area contributed by atoms with Gasteiger partial charge in [0.15, 0.2) is 5.96 Å². The van der Waals surface area contributed by atoms with E-state index in [-0.39, 0.29) is 29.8 Å². The van der Waals surface area contributed by atoms with E-state index in [9.17, 15) is 12.8 Å². The molecule has 9 heteroatoms. The van der Waals surface area contributed by atoms with Crippen molar-refractivity contribution in [3.63, 3.8) is 0 Å². The number of halogens is 2. The van der Waals surface area contributed by atoms with Gasteiger partial charge in [0.2, 0.25) is 10.0 Å². The number of hydrogen-bond donors (Lipinski definition) is 2. The van der Waals surface area contributed by atoms with Crippen LogP contribution in [0.4, 0.5) is 4.39 Å². The Balaban J connectivity index is 0.00000338. The molecule has 1 aromatic carbocycles. The fourth-order valence-electron chi connectivity index (χ4n) is 2.79. The summed E-state index contributed by atoms with van der Waals surface area (Å²) in [6.07, 6.45) is 2.95. The average molecular weight is 498 g/mol. The van der Waals surface area contributed by atoms with Crippen molar-refractivity contribution in [3.8, 4) is 0 Å². The summed E-state index contributed by atoms with van der Waals surface area (Å²) in [6.45, 7) is 5.14. The van der Waals surface area contributed by atoms with E-state index in [1.54, 1.807) is 12.1 Å². The molecule has 0 unspecified atom stereocenters. The monoisotopic (exact) mass is 498 g/mol. The van der Waals surface area contributed by atoms with Crippen molar-refractivity contribution in [2.24, 2.45) is 10.9 Å². The molecule has 0 spiro atoms. The summed E-state index contributed by atoms with van der Waals surface area (Å²) < 4.78 is 37.6. The number of piperidine rings is 1. The maximum absolute atomic E-state index is 12.9. The highest BCUT2D eigenvalue weighted by Crippen LogP contribution is 2.18. The number of benzene rings is 1. The predicted molar refractivity (Wildman–Crippen MR) is 114 cm³/mol. The Hall–Kier alpha value is -0.940. The molecule has 2 N–H and O–H groups in total. The van der Waals surface area contributed by atoms with Gasteiger partial charge in [0.25, 0.3) is 0 Å². The van der Waals surface area contributed by atoms with Crippen LogP contribution >= 0.6 is 24.0 Å². The van der Waals surface area contributed by atoms with Crippen LogP contribution in [-0.4, -0.2) is 51.1 Å². The summed E-state index contributed by atoms with van der Waals surface area (Å²) in [5.41, 5.74) is 0.945. The molecule has 0 bridgehead atoms. The molecule has 1 aromatic rings. The second-order valence-electron chi connectivity index (χ2n) is 6.31. The lowest BCUT2D eigenvalue weighted by Crippen LogP contribution is -2.44. The smallest absolute Gasteiger partial charge is 0.211 e. The number of nitrogens with one attached hydrogen (secondary N) is 2. The SMILES string of the molecule is CCNC(=NCc1ccc(F)cc1)NCC1CCN(S(C)(=O)=O)CC1.I. The highest BCUT2D eigenvalue weighted by Gasteiger charge is 2.24.